The van der Waals surface area contributed by atoms with Crippen molar-refractivity contribution in [2.24, 2.45) is 0 Å². The summed E-state index contributed by atoms with van der Waals surface area (Å²) in [6.07, 6.45) is 0. The molecular formula is C52H33NOS. The first kappa shape index (κ1) is 31.6. The first-order valence-electron chi connectivity index (χ1n) is 18.7. The molecule has 0 unspecified atom stereocenters. The summed E-state index contributed by atoms with van der Waals surface area (Å²) in [5.41, 5.74) is 12.0. The molecular weight excluding hydrogens is 687 g/mol. The number of para-hydroxylation sites is 2. The highest BCUT2D eigenvalue weighted by atomic mass is 32.1. The number of hydrogen-bond donors (Lipinski definition) is 0. The van der Waals surface area contributed by atoms with Crippen molar-refractivity contribution >= 4 is 81.3 Å². The van der Waals surface area contributed by atoms with Crippen LogP contribution in [0.15, 0.2) is 205 Å². The molecule has 55 heavy (non-hydrogen) atoms. The zero-order chi connectivity index (χ0) is 36.3. The monoisotopic (exact) mass is 719 g/mol. The van der Waals surface area contributed by atoms with E-state index in [1.165, 1.54) is 47.6 Å². The van der Waals surface area contributed by atoms with Gasteiger partial charge >= 0.3 is 0 Å². The van der Waals surface area contributed by atoms with E-state index in [1.54, 1.807) is 0 Å². The molecule has 0 saturated carbocycles. The van der Waals surface area contributed by atoms with E-state index in [0.717, 1.165) is 55.7 Å². The molecule has 11 rings (SSSR count). The smallest absolute Gasteiger partial charge is 0.143 e. The minimum atomic E-state index is 0.893. The van der Waals surface area contributed by atoms with Crippen LogP contribution < -0.4 is 4.90 Å². The van der Waals surface area contributed by atoms with Gasteiger partial charge in [0.05, 0.1) is 0 Å². The maximum absolute atomic E-state index is 6.71. The number of thiophene rings is 1. The van der Waals surface area contributed by atoms with E-state index in [4.69, 9.17) is 4.42 Å². The standard InChI is InChI=1S/C52H33NOS/c1-2-12-34(13-3-1)35-24-26-37(27-25-35)53(39-29-31-45-44-18-7-9-23-50(44)55-51(45)33-39)38-28-30-42(41-19-10-15-36-14-4-5-16-40(36)41)48(32-38)47-21-11-20-46-43-17-6-8-22-49(43)54-52(46)47/h1-33H. The van der Waals surface area contributed by atoms with Crippen molar-refractivity contribution in [2.45, 2.75) is 0 Å². The van der Waals surface area contributed by atoms with Gasteiger partial charge in [0.15, 0.2) is 0 Å². The summed E-state index contributed by atoms with van der Waals surface area (Å²) in [5, 5.41) is 7.26. The quantitative estimate of drug-likeness (QED) is 0.170. The van der Waals surface area contributed by atoms with Gasteiger partial charge in [-0.25, -0.2) is 0 Å². The third-order valence-electron chi connectivity index (χ3n) is 10.9. The average molecular weight is 720 g/mol. The predicted molar refractivity (Wildman–Crippen MR) is 235 cm³/mol. The van der Waals surface area contributed by atoms with Crippen LogP contribution in [0.4, 0.5) is 17.1 Å². The maximum atomic E-state index is 6.71. The third kappa shape index (κ3) is 5.32. The second-order valence-electron chi connectivity index (χ2n) is 14.1. The molecule has 0 radical (unpaired) electrons. The molecule has 2 aromatic heterocycles. The Morgan fingerprint density at radius 2 is 0.964 bits per heavy atom. The van der Waals surface area contributed by atoms with Gasteiger partial charge in [-0.2, -0.15) is 0 Å². The van der Waals surface area contributed by atoms with Crippen molar-refractivity contribution < 1.29 is 4.42 Å². The van der Waals surface area contributed by atoms with E-state index in [9.17, 15) is 0 Å². The Hall–Kier alpha value is -6.94. The van der Waals surface area contributed by atoms with Crippen molar-refractivity contribution in [3.8, 4) is 33.4 Å². The molecule has 0 N–H and O–H groups in total. The highest BCUT2D eigenvalue weighted by Crippen LogP contribution is 2.46. The number of rotatable bonds is 6. The van der Waals surface area contributed by atoms with E-state index in [1.807, 2.05) is 17.4 Å². The molecule has 0 atom stereocenters. The normalized spacial score (nSPS) is 11.6. The molecule has 9 aromatic carbocycles. The van der Waals surface area contributed by atoms with Gasteiger partial charge in [0.2, 0.25) is 0 Å². The zero-order valence-corrected chi connectivity index (χ0v) is 30.6. The van der Waals surface area contributed by atoms with E-state index < -0.39 is 0 Å². The van der Waals surface area contributed by atoms with Crippen molar-refractivity contribution in [2.75, 3.05) is 4.90 Å². The number of hydrogen-bond acceptors (Lipinski definition) is 3. The molecule has 11 aromatic rings. The summed E-state index contributed by atoms with van der Waals surface area (Å²) < 4.78 is 9.27. The van der Waals surface area contributed by atoms with Gasteiger partial charge in [-0.05, 0) is 87.1 Å². The van der Waals surface area contributed by atoms with Gasteiger partial charge in [0, 0.05) is 53.6 Å². The Bertz CT molecular complexity index is 3200. The van der Waals surface area contributed by atoms with Crippen LogP contribution in [0.3, 0.4) is 0 Å². The van der Waals surface area contributed by atoms with Crippen LogP contribution in [-0.2, 0) is 0 Å². The lowest BCUT2D eigenvalue weighted by Crippen LogP contribution is -2.10. The van der Waals surface area contributed by atoms with Gasteiger partial charge in [0.25, 0.3) is 0 Å². The molecule has 258 valence electrons. The number of fused-ring (bicyclic) bond motifs is 7. The Morgan fingerprint density at radius 3 is 1.85 bits per heavy atom. The Labute approximate surface area is 322 Å². The van der Waals surface area contributed by atoms with Crippen LogP contribution in [-0.4, -0.2) is 0 Å². The molecule has 0 spiro atoms. The Balaban J connectivity index is 1.17. The molecule has 0 aliphatic carbocycles. The van der Waals surface area contributed by atoms with Gasteiger partial charge < -0.3 is 9.32 Å². The average Bonchev–Trinajstić information content (AvgIpc) is 3.82. The summed E-state index contributed by atoms with van der Waals surface area (Å²) in [6, 6.07) is 72.2. The summed E-state index contributed by atoms with van der Waals surface area (Å²) in [6.45, 7) is 0. The zero-order valence-electron chi connectivity index (χ0n) is 29.8. The summed E-state index contributed by atoms with van der Waals surface area (Å²) >= 11 is 1.85. The highest BCUT2D eigenvalue weighted by Gasteiger charge is 2.21. The van der Waals surface area contributed by atoms with E-state index in [0.29, 0.717) is 0 Å². The van der Waals surface area contributed by atoms with Crippen LogP contribution in [0, 0.1) is 0 Å². The number of anilines is 3. The lowest BCUT2D eigenvalue weighted by Gasteiger charge is -2.27. The summed E-state index contributed by atoms with van der Waals surface area (Å²) in [5.74, 6) is 0. The van der Waals surface area contributed by atoms with Crippen molar-refractivity contribution in [1.82, 2.24) is 0 Å². The summed E-state index contributed by atoms with van der Waals surface area (Å²) in [7, 11) is 0. The van der Waals surface area contributed by atoms with Gasteiger partial charge in [0.1, 0.15) is 11.2 Å². The largest absolute Gasteiger partial charge is 0.455 e. The molecule has 2 nitrogen and oxygen atoms in total. The second kappa shape index (κ2) is 12.9. The van der Waals surface area contributed by atoms with Gasteiger partial charge in [-0.1, -0.05) is 152 Å². The number of nitrogens with zero attached hydrogens (tertiary/aromatic N) is 1. The van der Waals surface area contributed by atoms with Crippen molar-refractivity contribution in [1.29, 1.82) is 0 Å². The molecule has 0 amide bonds. The maximum Gasteiger partial charge on any atom is 0.143 e. The summed E-state index contributed by atoms with van der Waals surface area (Å²) in [4.78, 5) is 2.40. The molecule has 0 bridgehead atoms. The number of benzene rings is 9. The van der Waals surface area contributed by atoms with Crippen LogP contribution in [0.25, 0.3) is 86.3 Å². The van der Waals surface area contributed by atoms with E-state index in [-0.39, 0.29) is 0 Å². The molecule has 0 aliphatic rings. The number of furan rings is 1. The molecule has 0 aliphatic heterocycles. The van der Waals surface area contributed by atoms with Gasteiger partial charge in [-0.3, -0.25) is 0 Å². The predicted octanol–water partition coefficient (Wildman–Crippen LogP) is 15.6. The first-order chi connectivity index (χ1) is 27.3. The molecule has 0 fully saturated rings. The minimum Gasteiger partial charge on any atom is -0.455 e. The van der Waals surface area contributed by atoms with Gasteiger partial charge in [-0.15, -0.1) is 11.3 Å². The van der Waals surface area contributed by atoms with Crippen molar-refractivity contribution in [3.05, 3.63) is 200 Å². The fourth-order valence-electron chi connectivity index (χ4n) is 8.28. The second-order valence-corrected chi connectivity index (χ2v) is 15.1. The first-order valence-corrected chi connectivity index (χ1v) is 19.5. The van der Waals surface area contributed by atoms with Crippen LogP contribution >= 0.6 is 11.3 Å². The van der Waals surface area contributed by atoms with E-state index >= 15 is 0 Å². The topological polar surface area (TPSA) is 16.4 Å². The Kier molecular flexibility index (Phi) is 7.39. The lowest BCUT2D eigenvalue weighted by atomic mass is 9.90. The van der Waals surface area contributed by atoms with Crippen LogP contribution in [0.5, 0.6) is 0 Å². The molecule has 2 heterocycles. The fourth-order valence-corrected chi connectivity index (χ4v) is 9.42. The SMILES string of the molecule is c1ccc(-c2ccc(N(c3ccc(-c4cccc5ccccc45)c(-c4cccc5c4oc4ccccc45)c3)c3ccc4c(c3)sc3ccccc34)cc2)cc1. The molecule has 3 heteroatoms. The third-order valence-corrected chi connectivity index (χ3v) is 12.0. The van der Waals surface area contributed by atoms with Crippen LogP contribution in [0.2, 0.25) is 0 Å². The van der Waals surface area contributed by atoms with Crippen molar-refractivity contribution in [3.63, 3.8) is 0 Å². The fraction of sp³-hybridized carbons (Fsp3) is 0. The Morgan fingerprint density at radius 1 is 0.345 bits per heavy atom. The highest BCUT2D eigenvalue weighted by molar-refractivity contribution is 7.25. The van der Waals surface area contributed by atoms with E-state index in [2.05, 4.69) is 199 Å². The van der Waals surface area contributed by atoms with Crippen LogP contribution in [0.1, 0.15) is 0 Å². The molecule has 0 saturated heterocycles. The lowest BCUT2D eigenvalue weighted by molar-refractivity contribution is 0.670. The minimum absolute atomic E-state index is 0.893.